The monoisotopic (exact) mass is 296 g/mol. The third-order valence-electron chi connectivity index (χ3n) is 2.78. The molecule has 1 amide bonds. The summed E-state index contributed by atoms with van der Waals surface area (Å²) in [4.78, 5) is 32.5. The third kappa shape index (κ3) is 4.75. The lowest BCUT2D eigenvalue weighted by atomic mass is 10.2. The van der Waals surface area contributed by atoms with Crippen LogP contribution in [0.25, 0.3) is 0 Å². The SMILES string of the molecule is CCC(C)NC(=O)COc1ccc(C(=O)O)cc1[N+](=O)[O-]. The molecule has 0 radical (unpaired) electrons. The molecule has 0 aliphatic rings. The number of nitro groups is 1. The summed E-state index contributed by atoms with van der Waals surface area (Å²) in [5.74, 6) is -1.83. The van der Waals surface area contributed by atoms with Gasteiger partial charge in [-0.25, -0.2) is 4.79 Å². The first-order valence-corrected chi connectivity index (χ1v) is 6.29. The van der Waals surface area contributed by atoms with E-state index in [1.165, 1.54) is 6.07 Å². The summed E-state index contributed by atoms with van der Waals surface area (Å²) >= 11 is 0. The van der Waals surface area contributed by atoms with Gasteiger partial charge in [-0.05, 0) is 25.5 Å². The van der Waals surface area contributed by atoms with E-state index >= 15 is 0 Å². The average Bonchev–Trinajstić information content (AvgIpc) is 2.44. The molecule has 0 spiro atoms. The Morgan fingerprint density at radius 3 is 2.67 bits per heavy atom. The average molecular weight is 296 g/mol. The Bertz CT molecular complexity index is 558. The van der Waals surface area contributed by atoms with Gasteiger partial charge in [0, 0.05) is 12.1 Å². The Kier molecular flexibility index (Phi) is 5.65. The fourth-order valence-electron chi connectivity index (χ4n) is 1.48. The minimum Gasteiger partial charge on any atom is -0.478 e. The van der Waals surface area contributed by atoms with Crippen LogP contribution in [0.4, 0.5) is 5.69 Å². The Labute approximate surface area is 120 Å². The van der Waals surface area contributed by atoms with E-state index in [1.807, 2.05) is 13.8 Å². The van der Waals surface area contributed by atoms with Crippen LogP contribution in [0, 0.1) is 10.1 Å². The van der Waals surface area contributed by atoms with Gasteiger partial charge in [-0.3, -0.25) is 14.9 Å². The standard InChI is InChI=1S/C13H16N2O6/c1-3-8(2)14-12(16)7-21-11-5-4-9(13(17)18)6-10(11)15(19)20/h4-6,8H,3,7H2,1-2H3,(H,14,16)(H,17,18). The second-order valence-corrected chi connectivity index (χ2v) is 4.41. The highest BCUT2D eigenvalue weighted by Gasteiger charge is 2.19. The molecule has 2 N–H and O–H groups in total. The fourth-order valence-corrected chi connectivity index (χ4v) is 1.48. The maximum absolute atomic E-state index is 11.5. The summed E-state index contributed by atoms with van der Waals surface area (Å²) in [5, 5.41) is 22.3. The molecular weight excluding hydrogens is 280 g/mol. The number of hydrogen-bond acceptors (Lipinski definition) is 5. The van der Waals surface area contributed by atoms with Crippen molar-refractivity contribution < 1.29 is 24.4 Å². The summed E-state index contributed by atoms with van der Waals surface area (Å²) in [6.07, 6.45) is 0.749. The van der Waals surface area contributed by atoms with Crippen LogP contribution in [0.2, 0.25) is 0 Å². The first-order chi connectivity index (χ1) is 9.85. The summed E-state index contributed by atoms with van der Waals surface area (Å²) in [5.41, 5.74) is -0.718. The number of carbonyl (C=O) groups excluding carboxylic acids is 1. The molecule has 0 bridgehead atoms. The van der Waals surface area contributed by atoms with Crippen molar-refractivity contribution in [3.63, 3.8) is 0 Å². The number of aromatic carboxylic acids is 1. The van der Waals surface area contributed by atoms with Crippen molar-refractivity contribution in [3.05, 3.63) is 33.9 Å². The number of nitrogens with one attached hydrogen (secondary N) is 1. The first-order valence-electron chi connectivity index (χ1n) is 6.29. The van der Waals surface area contributed by atoms with Crippen LogP contribution >= 0.6 is 0 Å². The Hall–Kier alpha value is -2.64. The number of nitro benzene ring substituents is 1. The van der Waals surface area contributed by atoms with Gasteiger partial charge in [-0.2, -0.15) is 0 Å². The second-order valence-electron chi connectivity index (χ2n) is 4.41. The van der Waals surface area contributed by atoms with E-state index in [0.29, 0.717) is 0 Å². The molecule has 0 aliphatic carbocycles. The van der Waals surface area contributed by atoms with Gasteiger partial charge in [0.05, 0.1) is 10.5 Å². The molecule has 0 aliphatic heterocycles. The molecule has 1 unspecified atom stereocenters. The smallest absolute Gasteiger partial charge is 0.335 e. The van der Waals surface area contributed by atoms with Crippen molar-refractivity contribution in [1.29, 1.82) is 0 Å². The number of ether oxygens (including phenoxy) is 1. The normalized spacial score (nSPS) is 11.5. The van der Waals surface area contributed by atoms with Gasteiger partial charge in [0.2, 0.25) is 0 Å². The van der Waals surface area contributed by atoms with Gasteiger partial charge in [-0.1, -0.05) is 6.92 Å². The van der Waals surface area contributed by atoms with Crippen LogP contribution in [-0.2, 0) is 4.79 Å². The number of benzene rings is 1. The molecule has 0 saturated carbocycles. The number of amides is 1. The molecule has 1 aromatic carbocycles. The molecule has 21 heavy (non-hydrogen) atoms. The van der Waals surface area contributed by atoms with Crippen molar-refractivity contribution in [3.8, 4) is 5.75 Å². The van der Waals surface area contributed by atoms with E-state index in [-0.39, 0.29) is 24.0 Å². The summed E-state index contributed by atoms with van der Waals surface area (Å²) in [6, 6.07) is 3.21. The second kappa shape index (κ2) is 7.22. The number of carboxylic acids is 1. The van der Waals surface area contributed by atoms with Gasteiger partial charge in [0.25, 0.3) is 5.91 Å². The minimum atomic E-state index is -1.28. The summed E-state index contributed by atoms with van der Waals surface area (Å²) < 4.78 is 5.09. The van der Waals surface area contributed by atoms with Crippen molar-refractivity contribution in [1.82, 2.24) is 5.32 Å². The zero-order valence-corrected chi connectivity index (χ0v) is 11.7. The number of nitrogens with zero attached hydrogens (tertiary/aromatic N) is 1. The predicted octanol–water partition coefficient (Wildman–Crippen LogP) is 1.59. The van der Waals surface area contributed by atoms with Gasteiger partial charge >= 0.3 is 11.7 Å². The number of hydrogen-bond donors (Lipinski definition) is 2. The van der Waals surface area contributed by atoms with Crippen LogP contribution in [0.15, 0.2) is 18.2 Å². The highest BCUT2D eigenvalue weighted by atomic mass is 16.6. The zero-order valence-electron chi connectivity index (χ0n) is 11.7. The summed E-state index contributed by atoms with van der Waals surface area (Å²) in [7, 11) is 0. The van der Waals surface area contributed by atoms with Crippen LogP contribution in [0.3, 0.4) is 0 Å². The lowest BCUT2D eigenvalue weighted by molar-refractivity contribution is -0.385. The number of carbonyl (C=O) groups is 2. The molecule has 8 heteroatoms. The first kappa shape index (κ1) is 16.4. The van der Waals surface area contributed by atoms with Crippen LogP contribution in [-0.4, -0.2) is 34.6 Å². The topological polar surface area (TPSA) is 119 Å². The van der Waals surface area contributed by atoms with Gasteiger partial charge in [0.15, 0.2) is 12.4 Å². The molecular formula is C13H16N2O6. The van der Waals surface area contributed by atoms with Crippen molar-refractivity contribution >= 4 is 17.6 Å². The van der Waals surface area contributed by atoms with E-state index in [2.05, 4.69) is 5.32 Å². The molecule has 1 rings (SSSR count). The van der Waals surface area contributed by atoms with Crippen LogP contribution in [0.1, 0.15) is 30.6 Å². The summed E-state index contributed by atoms with van der Waals surface area (Å²) in [6.45, 7) is 3.35. The number of carboxylic acid groups (broad SMARTS) is 1. The van der Waals surface area contributed by atoms with Gasteiger partial charge < -0.3 is 15.2 Å². The predicted molar refractivity (Wildman–Crippen MR) is 73.4 cm³/mol. The fraction of sp³-hybridized carbons (Fsp3) is 0.385. The Morgan fingerprint density at radius 1 is 1.48 bits per heavy atom. The largest absolute Gasteiger partial charge is 0.478 e. The molecule has 0 aromatic heterocycles. The quantitative estimate of drug-likeness (QED) is 0.582. The van der Waals surface area contributed by atoms with E-state index in [1.54, 1.807) is 0 Å². The molecule has 1 aromatic rings. The molecule has 8 nitrogen and oxygen atoms in total. The van der Waals surface area contributed by atoms with Gasteiger partial charge in [0.1, 0.15) is 0 Å². The molecule has 114 valence electrons. The number of rotatable bonds is 7. The third-order valence-corrected chi connectivity index (χ3v) is 2.78. The minimum absolute atomic E-state index is 0.0227. The zero-order chi connectivity index (χ0) is 16.0. The maximum Gasteiger partial charge on any atom is 0.335 e. The Balaban J connectivity index is 2.81. The maximum atomic E-state index is 11.5. The highest BCUT2D eigenvalue weighted by Crippen LogP contribution is 2.27. The van der Waals surface area contributed by atoms with E-state index in [4.69, 9.17) is 9.84 Å². The molecule has 0 fully saturated rings. The van der Waals surface area contributed by atoms with Crippen molar-refractivity contribution in [2.24, 2.45) is 0 Å². The molecule has 0 saturated heterocycles. The van der Waals surface area contributed by atoms with Crippen LogP contribution < -0.4 is 10.1 Å². The Morgan fingerprint density at radius 2 is 2.14 bits per heavy atom. The highest BCUT2D eigenvalue weighted by molar-refractivity contribution is 5.89. The molecule has 1 atom stereocenters. The van der Waals surface area contributed by atoms with E-state index in [0.717, 1.165) is 18.6 Å². The van der Waals surface area contributed by atoms with Gasteiger partial charge in [-0.15, -0.1) is 0 Å². The van der Waals surface area contributed by atoms with Crippen LogP contribution in [0.5, 0.6) is 5.75 Å². The van der Waals surface area contributed by atoms with E-state index < -0.39 is 22.5 Å². The van der Waals surface area contributed by atoms with E-state index in [9.17, 15) is 19.7 Å². The van der Waals surface area contributed by atoms with Crippen molar-refractivity contribution in [2.45, 2.75) is 26.3 Å². The lowest BCUT2D eigenvalue weighted by Gasteiger charge is -2.12. The lowest BCUT2D eigenvalue weighted by Crippen LogP contribution is -2.35. The molecule has 0 heterocycles. The van der Waals surface area contributed by atoms with Crippen molar-refractivity contribution in [2.75, 3.05) is 6.61 Å².